The zero-order chi connectivity index (χ0) is 15.9. The third-order valence-corrected chi connectivity index (χ3v) is 3.83. The number of esters is 1. The number of nitrogens with one attached hydrogen (secondary N) is 1. The average molecular weight is 303 g/mol. The summed E-state index contributed by atoms with van der Waals surface area (Å²) >= 11 is 0. The second kappa shape index (κ2) is 7.75. The van der Waals surface area contributed by atoms with Crippen molar-refractivity contribution in [3.8, 4) is 0 Å². The number of rotatable bonds is 4. The zero-order valence-corrected chi connectivity index (χ0v) is 12.6. The second-order valence-electron chi connectivity index (χ2n) is 5.43. The average Bonchev–Trinajstić information content (AvgIpc) is 2.53. The van der Waals surface area contributed by atoms with Gasteiger partial charge in [-0.25, -0.2) is 4.79 Å². The van der Waals surface area contributed by atoms with Crippen molar-refractivity contribution in [3.63, 3.8) is 0 Å². The highest BCUT2D eigenvalue weighted by Gasteiger charge is 2.29. The molecule has 0 radical (unpaired) electrons. The van der Waals surface area contributed by atoms with Crippen molar-refractivity contribution in [1.29, 1.82) is 0 Å². The number of aliphatic hydroxyl groups is 1. The fourth-order valence-corrected chi connectivity index (χ4v) is 2.60. The molecule has 0 heterocycles. The number of carbonyl (C=O) groups is 2. The van der Waals surface area contributed by atoms with Crippen LogP contribution in [0.2, 0.25) is 0 Å². The molecule has 0 bridgehead atoms. The summed E-state index contributed by atoms with van der Waals surface area (Å²) in [5.41, 5.74) is 1.43. The number of hydrogen-bond donors (Lipinski definition) is 2. The molecular weight excluding hydrogens is 282 g/mol. The summed E-state index contributed by atoms with van der Waals surface area (Å²) in [6.07, 6.45) is 5.73. The first kappa shape index (κ1) is 16.2. The Balaban J connectivity index is 2.02. The standard InChI is InChI=1S/C17H21NO4/c1-22-16(20)10-9-12-5-4-6-13(11-12)18-17(21)14-7-2-3-8-15(14)19/h4-6,9-11,14-15,19H,2-3,7-8H2,1H3,(H,18,21)/b10-9+/t14-,15-/m1/s1. The van der Waals surface area contributed by atoms with E-state index in [4.69, 9.17) is 0 Å². The Kier molecular flexibility index (Phi) is 5.72. The summed E-state index contributed by atoms with van der Waals surface area (Å²) in [6.45, 7) is 0. The van der Waals surface area contributed by atoms with Crippen LogP contribution in [0.25, 0.3) is 6.08 Å². The Morgan fingerprint density at radius 3 is 2.82 bits per heavy atom. The van der Waals surface area contributed by atoms with Crippen LogP contribution in [0.3, 0.4) is 0 Å². The van der Waals surface area contributed by atoms with Crippen LogP contribution >= 0.6 is 0 Å². The molecule has 5 heteroatoms. The van der Waals surface area contributed by atoms with E-state index >= 15 is 0 Å². The minimum atomic E-state index is -0.559. The van der Waals surface area contributed by atoms with Gasteiger partial charge in [0.05, 0.1) is 19.1 Å². The predicted molar refractivity (Wildman–Crippen MR) is 84.1 cm³/mol. The molecule has 0 spiro atoms. The van der Waals surface area contributed by atoms with Crippen molar-refractivity contribution in [2.45, 2.75) is 31.8 Å². The van der Waals surface area contributed by atoms with E-state index in [-0.39, 0.29) is 11.8 Å². The first-order valence-corrected chi connectivity index (χ1v) is 7.45. The lowest BCUT2D eigenvalue weighted by Gasteiger charge is -2.26. The lowest BCUT2D eigenvalue weighted by Crippen LogP contribution is -2.35. The summed E-state index contributed by atoms with van der Waals surface area (Å²) in [4.78, 5) is 23.3. The molecule has 1 aliphatic rings. The molecule has 118 valence electrons. The van der Waals surface area contributed by atoms with Crippen molar-refractivity contribution >= 4 is 23.6 Å². The topological polar surface area (TPSA) is 75.6 Å². The van der Waals surface area contributed by atoms with E-state index in [1.54, 1.807) is 24.3 Å². The van der Waals surface area contributed by atoms with E-state index in [2.05, 4.69) is 10.1 Å². The van der Waals surface area contributed by atoms with Crippen molar-refractivity contribution in [2.75, 3.05) is 12.4 Å². The number of carbonyl (C=O) groups excluding carboxylic acids is 2. The highest BCUT2D eigenvalue weighted by atomic mass is 16.5. The number of anilines is 1. The number of aliphatic hydroxyl groups excluding tert-OH is 1. The number of amides is 1. The lowest BCUT2D eigenvalue weighted by atomic mass is 9.86. The molecule has 0 unspecified atom stereocenters. The first-order valence-electron chi connectivity index (χ1n) is 7.45. The molecule has 1 aromatic rings. The summed E-state index contributed by atoms with van der Waals surface area (Å²) in [6, 6.07) is 7.17. The molecule has 2 N–H and O–H groups in total. The van der Waals surface area contributed by atoms with E-state index in [9.17, 15) is 14.7 Å². The quantitative estimate of drug-likeness (QED) is 0.661. The molecule has 2 rings (SSSR count). The van der Waals surface area contributed by atoms with Crippen molar-refractivity contribution in [2.24, 2.45) is 5.92 Å². The third-order valence-electron chi connectivity index (χ3n) is 3.83. The van der Waals surface area contributed by atoms with Gasteiger partial charge < -0.3 is 15.2 Å². The van der Waals surface area contributed by atoms with Crippen LogP contribution in [0.1, 0.15) is 31.2 Å². The Bertz CT molecular complexity index is 568. The van der Waals surface area contributed by atoms with Gasteiger partial charge in [-0.15, -0.1) is 0 Å². The summed E-state index contributed by atoms with van der Waals surface area (Å²) in [7, 11) is 1.32. The van der Waals surface area contributed by atoms with Crippen molar-refractivity contribution < 1.29 is 19.4 Å². The molecule has 0 aromatic heterocycles. The van der Waals surface area contributed by atoms with Crippen LogP contribution in [0.4, 0.5) is 5.69 Å². The molecule has 2 atom stereocenters. The normalized spacial score (nSPS) is 21.5. The SMILES string of the molecule is COC(=O)/C=C/c1cccc(NC(=O)[C@@H]2CCCC[C@H]2O)c1. The number of benzene rings is 1. The number of hydrogen-bond acceptors (Lipinski definition) is 4. The van der Waals surface area contributed by atoms with Gasteiger partial charge in [0, 0.05) is 11.8 Å². The molecule has 0 saturated heterocycles. The smallest absolute Gasteiger partial charge is 0.330 e. The fraction of sp³-hybridized carbons (Fsp3) is 0.412. The van der Waals surface area contributed by atoms with Crippen LogP contribution in [0.5, 0.6) is 0 Å². The predicted octanol–water partition coefficient (Wildman–Crippen LogP) is 2.36. The molecule has 1 amide bonds. The molecule has 1 saturated carbocycles. The van der Waals surface area contributed by atoms with E-state index < -0.39 is 12.1 Å². The van der Waals surface area contributed by atoms with E-state index in [0.29, 0.717) is 12.1 Å². The van der Waals surface area contributed by atoms with Gasteiger partial charge in [0.15, 0.2) is 0 Å². The first-order chi connectivity index (χ1) is 10.6. The maximum atomic E-state index is 12.2. The van der Waals surface area contributed by atoms with Gasteiger partial charge in [0.2, 0.25) is 5.91 Å². The highest BCUT2D eigenvalue weighted by Crippen LogP contribution is 2.25. The monoisotopic (exact) mass is 303 g/mol. The molecule has 1 fully saturated rings. The van der Waals surface area contributed by atoms with Crippen LogP contribution in [0, 0.1) is 5.92 Å². The van der Waals surface area contributed by atoms with Crippen LogP contribution in [-0.4, -0.2) is 30.2 Å². The fourth-order valence-electron chi connectivity index (χ4n) is 2.60. The highest BCUT2D eigenvalue weighted by molar-refractivity contribution is 5.93. The number of methoxy groups -OCH3 is 1. The largest absolute Gasteiger partial charge is 0.466 e. The van der Waals surface area contributed by atoms with E-state index in [0.717, 1.165) is 24.8 Å². The van der Waals surface area contributed by atoms with Gasteiger partial charge in [-0.3, -0.25) is 4.79 Å². The summed E-state index contributed by atoms with van der Waals surface area (Å²) < 4.78 is 4.53. The van der Waals surface area contributed by atoms with Crippen LogP contribution < -0.4 is 5.32 Å². The zero-order valence-electron chi connectivity index (χ0n) is 12.6. The maximum absolute atomic E-state index is 12.2. The van der Waals surface area contributed by atoms with Gasteiger partial charge in [-0.05, 0) is 36.6 Å². The minimum Gasteiger partial charge on any atom is -0.466 e. The molecular formula is C17H21NO4. The summed E-state index contributed by atoms with van der Waals surface area (Å²) in [5.74, 6) is -0.927. The van der Waals surface area contributed by atoms with Gasteiger partial charge in [0.25, 0.3) is 0 Å². The molecule has 0 aliphatic heterocycles. The lowest BCUT2D eigenvalue weighted by molar-refractivity contribution is -0.134. The van der Waals surface area contributed by atoms with E-state index in [1.807, 2.05) is 6.07 Å². The Labute approximate surface area is 130 Å². The van der Waals surface area contributed by atoms with Gasteiger partial charge in [-0.2, -0.15) is 0 Å². The Morgan fingerprint density at radius 2 is 2.09 bits per heavy atom. The number of ether oxygens (including phenoxy) is 1. The Hall–Kier alpha value is -2.14. The van der Waals surface area contributed by atoms with Crippen molar-refractivity contribution in [3.05, 3.63) is 35.9 Å². The molecule has 22 heavy (non-hydrogen) atoms. The molecule has 1 aromatic carbocycles. The summed E-state index contributed by atoms with van der Waals surface area (Å²) in [5, 5.41) is 12.8. The van der Waals surface area contributed by atoms with Gasteiger partial charge in [0.1, 0.15) is 0 Å². The maximum Gasteiger partial charge on any atom is 0.330 e. The third kappa shape index (κ3) is 4.43. The van der Waals surface area contributed by atoms with Crippen LogP contribution in [-0.2, 0) is 14.3 Å². The van der Waals surface area contributed by atoms with Gasteiger partial charge >= 0.3 is 5.97 Å². The molecule has 5 nitrogen and oxygen atoms in total. The van der Waals surface area contributed by atoms with Crippen LogP contribution in [0.15, 0.2) is 30.3 Å². The molecule has 1 aliphatic carbocycles. The van der Waals surface area contributed by atoms with Gasteiger partial charge in [-0.1, -0.05) is 25.0 Å². The minimum absolute atomic E-state index is 0.152. The van der Waals surface area contributed by atoms with Crippen molar-refractivity contribution in [1.82, 2.24) is 0 Å². The second-order valence-corrected chi connectivity index (χ2v) is 5.43. The van der Waals surface area contributed by atoms with E-state index in [1.165, 1.54) is 13.2 Å². The Morgan fingerprint density at radius 1 is 1.32 bits per heavy atom.